The monoisotopic (exact) mass is 288 g/mol. The standard InChI is InChI=1S/C17H21FN2O/c1-10-13(18)7-11(9-19)8-14(10)20-15-12-5-4-6-21-16(12)17(15,2)3/h7-8,12,15-16,20H,4-6H2,1-3H3. The minimum Gasteiger partial charge on any atom is -0.381 e. The van der Waals surface area contributed by atoms with Crippen LogP contribution < -0.4 is 5.32 Å². The fraction of sp³-hybridized carbons (Fsp3) is 0.588. The van der Waals surface area contributed by atoms with Crippen molar-refractivity contribution in [3.05, 3.63) is 29.1 Å². The maximum absolute atomic E-state index is 13.9. The summed E-state index contributed by atoms with van der Waals surface area (Å²) in [6.07, 6.45) is 2.51. The molecule has 0 spiro atoms. The molecular formula is C17H21FN2O. The van der Waals surface area contributed by atoms with Crippen LogP contribution in [0.15, 0.2) is 12.1 Å². The number of nitriles is 1. The van der Waals surface area contributed by atoms with E-state index in [-0.39, 0.29) is 23.4 Å². The lowest BCUT2D eigenvalue weighted by molar-refractivity contribution is -0.177. The van der Waals surface area contributed by atoms with Crippen molar-refractivity contribution in [2.24, 2.45) is 11.3 Å². The Labute approximate surface area is 125 Å². The molecule has 1 aromatic carbocycles. The van der Waals surface area contributed by atoms with Gasteiger partial charge in [-0.1, -0.05) is 13.8 Å². The van der Waals surface area contributed by atoms with Crippen molar-refractivity contribution in [1.29, 1.82) is 5.26 Å². The van der Waals surface area contributed by atoms with Crippen molar-refractivity contribution in [3.63, 3.8) is 0 Å². The third-order valence-electron chi connectivity index (χ3n) is 5.12. The molecule has 3 atom stereocenters. The quantitative estimate of drug-likeness (QED) is 0.904. The van der Waals surface area contributed by atoms with E-state index >= 15 is 0 Å². The van der Waals surface area contributed by atoms with Gasteiger partial charge in [-0.05, 0) is 31.9 Å². The lowest BCUT2D eigenvalue weighted by atomic mass is 9.55. The fourth-order valence-corrected chi connectivity index (χ4v) is 3.88. The summed E-state index contributed by atoms with van der Waals surface area (Å²) in [5, 5.41) is 12.5. The second-order valence-corrected chi connectivity index (χ2v) is 6.78. The van der Waals surface area contributed by atoms with E-state index in [0.29, 0.717) is 17.0 Å². The first-order valence-corrected chi connectivity index (χ1v) is 7.53. The molecular weight excluding hydrogens is 267 g/mol. The maximum Gasteiger partial charge on any atom is 0.129 e. The highest BCUT2D eigenvalue weighted by Gasteiger charge is 2.57. The van der Waals surface area contributed by atoms with Gasteiger partial charge in [-0.25, -0.2) is 4.39 Å². The molecule has 0 radical (unpaired) electrons. The Balaban J connectivity index is 1.87. The maximum atomic E-state index is 13.9. The first-order chi connectivity index (χ1) is 9.95. The molecule has 3 nitrogen and oxygen atoms in total. The summed E-state index contributed by atoms with van der Waals surface area (Å²) in [6, 6.07) is 5.31. The molecule has 1 saturated carbocycles. The highest BCUT2D eigenvalue weighted by atomic mass is 19.1. The van der Waals surface area contributed by atoms with E-state index in [9.17, 15) is 4.39 Å². The molecule has 2 fully saturated rings. The topological polar surface area (TPSA) is 45.0 Å². The van der Waals surface area contributed by atoms with Gasteiger partial charge in [0.15, 0.2) is 0 Å². The van der Waals surface area contributed by atoms with Crippen LogP contribution in [-0.4, -0.2) is 18.8 Å². The summed E-state index contributed by atoms with van der Waals surface area (Å²) >= 11 is 0. The van der Waals surface area contributed by atoms with E-state index in [1.54, 1.807) is 13.0 Å². The van der Waals surface area contributed by atoms with E-state index in [1.807, 2.05) is 6.07 Å². The van der Waals surface area contributed by atoms with E-state index in [4.69, 9.17) is 10.00 Å². The van der Waals surface area contributed by atoms with Crippen LogP contribution in [-0.2, 0) is 4.74 Å². The number of benzene rings is 1. The van der Waals surface area contributed by atoms with Crippen molar-refractivity contribution >= 4 is 5.69 Å². The third kappa shape index (κ3) is 2.20. The Morgan fingerprint density at radius 3 is 2.90 bits per heavy atom. The van der Waals surface area contributed by atoms with Gasteiger partial charge in [-0.3, -0.25) is 0 Å². The second-order valence-electron chi connectivity index (χ2n) is 6.78. The lowest BCUT2D eigenvalue weighted by Crippen LogP contribution is -2.67. The van der Waals surface area contributed by atoms with Crippen LogP contribution in [0.1, 0.15) is 37.8 Å². The minimum atomic E-state index is -0.329. The van der Waals surface area contributed by atoms with Gasteiger partial charge in [0.1, 0.15) is 5.82 Å². The van der Waals surface area contributed by atoms with Gasteiger partial charge in [0, 0.05) is 35.2 Å². The average molecular weight is 288 g/mol. The number of nitrogens with one attached hydrogen (secondary N) is 1. The molecule has 2 aliphatic rings. The van der Waals surface area contributed by atoms with Gasteiger partial charge in [-0.15, -0.1) is 0 Å². The van der Waals surface area contributed by atoms with Crippen molar-refractivity contribution in [3.8, 4) is 6.07 Å². The van der Waals surface area contributed by atoms with Gasteiger partial charge in [0.2, 0.25) is 0 Å². The molecule has 0 amide bonds. The molecule has 1 aliphatic heterocycles. The van der Waals surface area contributed by atoms with Crippen molar-refractivity contribution < 1.29 is 9.13 Å². The van der Waals surface area contributed by atoms with Crippen LogP contribution in [0.4, 0.5) is 10.1 Å². The third-order valence-corrected chi connectivity index (χ3v) is 5.12. The molecule has 3 unspecified atom stereocenters. The SMILES string of the molecule is Cc1c(F)cc(C#N)cc1NC1C2CCCOC2C1(C)C. The predicted octanol–water partition coefficient (Wildman–Crippen LogP) is 3.62. The van der Waals surface area contributed by atoms with Gasteiger partial charge < -0.3 is 10.1 Å². The molecule has 1 heterocycles. The molecule has 1 aromatic rings. The number of rotatable bonds is 2. The zero-order chi connectivity index (χ0) is 15.2. The summed E-state index contributed by atoms with van der Waals surface area (Å²) in [5.74, 6) is 0.145. The summed E-state index contributed by atoms with van der Waals surface area (Å²) in [7, 11) is 0. The molecule has 1 aliphatic carbocycles. The predicted molar refractivity (Wildman–Crippen MR) is 79.5 cm³/mol. The number of halogens is 1. The van der Waals surface area contributed by atoms with Gasteiger partial charge in [0.25, 0.3) is 0 Å². The number of hydrogen-bond acceptors (Lipinski definition) is 3. The normalized spacial score (nSPS) is 30.0. The molecule has 21 heavy (non-hydrogen) atoms. The van der Waals surface area contributed by atoms with Crippen molar-refractivity contribution in [2.45, 2.75) is 45.8 Å². The van der Waals surface area contributed by atoms with Gasteiger partial charge in [-0.2, -0.15) is 5.26 Å². The van der Waals surface area contributed by atoms with Crippen molar-refractivity contribution in [1.82, 2.24) is 0 Å². The Kier molecular flexibility index (Phi) is 3.41. The number of anilines is 1. The summed E-state index contributed by atoms with van der Waals surface area (Å²) in [6.45, 7) is 6.97. The second kappa shape index (κ2) is 4.99. The first-order valence-electron chi connectivity index (χ1n) is 7.53. The van der Waals surface area contributed by atoms with Crippen LogP contribution in [0.25, 0.3) is 0 Å². The molecule has 3 rings (SSSR count). The molecule has 1 saturated heterocycles. The summed E-state index contributed by atoms with van der Waals surface area (Å²) < 4.78 is 19.8. The highest BCUT2D eigenvalue weighted by Crippen LogP contribution is 2.52. The van der Waals surface area contributed by atoms with E-state index in [0.717, 1.165) is 25.1 Å². The average Bonchev–Trinajstić information content (AvgIpc) is 2.48. The molecule has 0 bridgehead atoms. The van der Waals surface area contributed by atoms with E-state index < -0.39 is 0 Å². The highest BCUT2D eigenvalue weighted by molar-refractivity contribution is 5.57. The Bertz CT molecular complexity index is 606. The lowest BCUT2D eigenvalue weighted by Gasteiger charge is -2.60. The molecule has 0 aromatic heterocycles. The van der Waals surface area contributed by atoms with Gasteiger partial charge in [0.05, 0.1) is 17.7 Å². The van der Waals surface area contributed by atoms with Crippen LogP contribution in [0, 0.1) is 35.4 Å². The Morgan fingerprint density at radius 2 is 2.19 bits per heavy atom. The van der Waals surface area contributed by atoms with Crippen LogP contribution >= 0.6 is 0 Å². The number of fused-ring (bicyclic) bond motifs is 1. The Hall–Kier alpha value is -1.60. The largest absolute Gasteiger partial charge is 0.381 e. The summed E-state index contributed by atoms with van der Waals surface area (Å²) in [4.78, 5) is 0. The van der Waals surface area contributed by atoms with Gasteiger partial charge >= 0.3 is 0 Å². The minimum absolute atomic E-state index is 0.0245. The Morgan fingerprint density at radius 1 is 1.43 bits per heavy atom. The molecule has 1 N–H and O–H groups in total. The summed E-state index contributed by atoms with van der Waals surface area (Å²) in [5.41, 5.74) is 1.68. The number of hydrogen-bond donors (Lipinski definition) is 1. The van der Waals surface area contributed by atoms with Crippen LogP contribution in [0.5, 0.6) is 0 Å². The van der Waals surface area contributed by atoms with Crippen molar-refractivity contribution in [2.75, 3.05) is 11.9 Å². The number of nitrogens with zero attached hydrogens (tertiary/aromatic N) is 1. The van der Waals surface area contributed by atoms with Crippen LogP contribution in [0.3, 0.4) is 0 Å². The van der Waals surface area contributed by atoms with Crippen LogP contribution in [0.2, 0.25) is 0 Å². The smallest absolute Gasteiger partial charge is 0.129 e. The molecule has 112 valence electrons. The zero-order valence-corrected chi connectivity index (χ0v) is 12.7. The molecule has 4 heteroatoms. The zero-order valence-electron chi connectivity index (χ0n) is 12.7. The number of ether oxygens (including phenoxy) is 1. The van der Waals surface area contributed by atoms with E-state index in [2.05, 4.69) is 19.2 Å². The first kappa shape index (κ1) is 14.3. The van der Waals surface area contributed by atoms with E-state index in [1.165, 1.54) is 6.07 Å². The fourth-order valence-electron chi connectivity index (χ4n) is 3.88.